The van der Waals surface area contributed by atoms with E-state index in [4.69, 9.17) is 0 Å². The molecule has 0 saturated heterocycles. The Balaban J connectivity index is 2.37. The van der Waals surface area contributed by atoms with E-state index in [0.29, 0.717) is 12.1 Å². The Labute approximate surface area is 102 Å². The summed E-state index contributed by atoms with van der Waals surface area (Å²) in [5, 5.41) is 3.61. The largest absolute Gasteiger partial charge is 0.311 e. The van der Waals surface area contributed by atoms with Gasteiger partial charge in [-0.25, -0.2) is 0 Å². The van der Waals surface area contributed by atoms with Gasteiger partial charge in [0.25, 0.3) is 0 Å². The lowest BCUT2D eigenvalue weighted by molar-refractivity contribution is 0.147. The summed E-state index contributed by atoms with van der Waals surface area (Å²) in [5.41, 5.74) is 0.233. The molecule has 0 bridgehead atoms. The third kappa shape index (κ3) is 5.31. The van der Waals surface area contributed by atoms with Crippen molar-refractivity contribution in [1.29, 1.82) is 0 Å². The second-order valence-corrected chi connectivity index (χ2v) is 6.71. The molecule has 1 aliphatic carbocycles. The summed E-state index contributed by atoms with van der Waals surface area (Å²) in [5.74, 6) is 0.986. The Kier molecular flexibility index (Phi) is 4.81. The maximum atomic E-state index is 3.61. The lowest BCUT2D eigenvalue weighted by Crippen LogP contribution is -2.49. The smallest absolute Gasteiger partial charge is 0.0195 e. The van der Waals surface area contributed by atoms with E-state index in [-0.39, 0.29) is 5.54 Å². The van der Waals surface area contributed by atoms with E-state index in [1.807, 2.05) is 0 Å². The summed E-state index contributed by atoms with van der Waals surface area (Å²) in [4.78, 5) is 2.65. The molecule has 0 amide bonds. The van der Waals surface area contributed by atoms with Crippen molar-refractivity contribution >= 4 is 0 Å². The van der Waals surface area contributed by atoms with Crippen molar-refractivity contribution in [2.75, 3.05) is 13.1 Å². The highest BCUT2D eigenvalue weighted by atomic mass is 15.2. The molecule has 1 saturated carbocycles. The molecule has 1 unspecified atom stereocenters. The maximum Gasteiger partial charge on any atom is 0.0195 e. The first kappa shape index (κ1) is 14.0. The molecule has 0 heterocycles. The molecule has 1 N–H and O–H groups in total. The zero-order valence-electron chi connectivity index (χ0n) is 12.0. The van der Waals surface area contributed by atoms with Crippen molar-refractivity contribution in [3.63, 3.8) is 0 Å². The summed E-state index contributed by atoms with van der Waals surface area (Å²) in [6.45, 7) is 16.1. The summed E-state index contributed by atoms with van der Waals surface area (Å²) in [6, 6.07) is 1.30. The van der Waals surface area contributed by atoms with Gasteiger partial charge in [-0.3, -0.25) is 4.90 Å². The molecule has 0 spiro atoms. The summed E-state index contributed by atoms with van der Waals surface area (Å²) >= 11 is 0. The van der Waals surface area contributed by atoms with Crippen molar-refractivity contribution in [3.05, 3.63) is 0 Å². The highest BCUT2D eigenvalue weighted by molar-refractivity contribution is 4.83. The van der Waals surface area contributed by atoms with Gasteiger partial charge in [-0.2, -0.15) is 0 Å². The van der Waals surface area contributed by atoms with Crippen LogP contribution >= 0.6 is 0 Å². The predicted octanol–water partition coefficient (Wildman–Crippen LogP) is 2.88. The summed E-state index contributed by atoms with van der Waals surface area (Å²) < 4.78 is 0. The number of hydrogen-bond acceptors (Lipinski definition) is 2. The fourth-order valence-electron chi connectivity index (χ4n) is 2.07. The monoisotopic (exact) mass is 226 g/mol. The molecule has 2 nitrogen and oxygen atoms in total. The lowest BCUT2D eigenvalue weighted by atomic mass is 10.1. The molecule has 16 heavy (non-hydrogen) atoms. The Hall–Kier alpha value is -0.0800. The average molecular weight is 226 g/mol. The van der Waals surface area contributed by atoms with E-state index < -0.39 is 0 Å². The van der Waals surface area contributed by atoms with Gasteiger partial charge in [-0.1, -0.05) is 0 Å². The van der Waals surface area contributed by atoms with Crippen LogP contribution in [0.1, 0.15) is 54.4 Å². The van der Waals surface area contributed by atoms with Gasteiger partial charge in [-0.15, -0.1) is 0 Å². The number of hydrogen-bond donors (Lipinski definition) is 1. The van der Waals surface area contributed by atoms with E-state index >= 15 is 0 Å². The van der Waals surface area contributed by atoms with Crippen LogP contribution in [0.15, 0.2) is 0 Å². The predicted molar refractivity (Wildman–Crippen MR) is 71.8 cm³/mol. The Morgan fingerprint density at radius 3 is 2.12 bits per heavy atom. The van der Waals surface area contributed by atoms with Gasteiger partial charge in [0.1, 0.15) is 0 Å². The van der Waals surface area contributed by atoms with Crippen molar-refractivity contribution in [2.45, 2.75) is 72.0 Å². The van der Waals surface area contributed by atoms with Gasteiger partial charge in [-0.05, 0) is 60.3 Å². The number of nitrogens with one attached hydrogen (secondary N) is 1. The first-order valence-corrected chi connectivity index (χ1v) is 6.80. The molecule has 96 valence electrons. The van der Waals surface area contributed by atoms with Crippen LogP contribution in [0.25, 0.3) is 0 Å². The van der Waals surface area contributed by atoms with E-state index in [2.05, 4.69) is 51.8 Å². The van der Waals surface area contributed by atoms with Crippen LogP contribution in [0, 0.1) is 5.92 Å². The Morgan fingerprint density at radius 1 is 1.19 bits per heavy atom. The molecule has 0 radical (unpaired) electrons. The zero-order valence-corrected chi connectivity index (χ0v) is 12.0. The molecule has 0 aromatic carbocycles. The van der Waals surface area contributed by atoms with Crippen molar-refractivity contribution in [3.8, 4) is 0 Å². The van der Waals surface area contributed by atoms with Crippen LogP contribution in [0.2, 0.25) is 0 Å². The van der Waals surface area contributed by atoms with E-state index in [0.717, 1.165) is 12.5 Å². The first-order chi connectivity index (χ1) is 7.29. The standard InChI is InChI=1S/C14H30N2/c1-11(2)16(10-13-7-8-13)12(3)9-15-14(4,5)6/h11-13,15H,7-10H2,1-6H3. The SMILES string of the molecule is CC(C)N(CC1CC1)C(C)CNC(C)(C)C. The molecule has 1 atom stereocenters. The highest BCUT2D eigenvalue weighted by Gasteiger charge is 2.28. The third-order valence-corrected chi connectivity index (χ3v) is 3.32. The minimum absolute atomic E-state index is 0.233. The average Bonchev–Trinajstić information content (AvgIpc) is 2.92. The Bertz CT molecular complexity index is 201. The normalized spacial score (nSPS) is 19.5. The number of rotatable bonds is 6. The van der Waals surface area contributed by atoms with Gasteiger partial charge in [0, 0.05) is 30.7 Å². The van der Waals surface area contributed by atoms with E-state index in [1.54, 1.807) is 0 Å². The Morgan fingerprint density at radius 2 is 1.75 bits per heavy atom. The minimum atomic E-state index is 0.233. The second-order valence-electron chi connectivity index (χ2n) is 6.71. The van der Waals surface area contributed by atoms with Crippen LogP contribution in [0.5, 0.6) is 0 Å². The van der Waals surface area contributed by atoms with Crippen LogP contribution in [-0.2, 0) is 0 Å². The van der Waals surface area contributed by atoms with Crippen LogP contribution in [0.3, 0.4) is 0 Å². The first-order valence-electron chi connectivity index (χ1n) is 6.80. The molecule has 1 fully saturated rings. The fraction of sp³-hybridized carbons (Fsp3) is 1.00. The van der Waals surface area contributed by atoms with Crippen molar-refractivity contribution < 1.29 is 0 Å². The van der Waals surface area contributed by atoms with Gasteiger partial charge < -0.3 is 5.32 Å². The van der Waals surface area contributed by atoms with Gasteiger partial charge >= 0.3 is 0 Å². The summed E-state index contributed by atoms with van der Waals surface area (Å²) in [6.07, 6.45) is 2.89. The van der Waals surface area contributed by atoms with E-state index in [9.17, 15) is 0 Å². The molecule has 0 aromatic heterocycles. The van der Waals surface area contributed by atoms with Crippen LogP contribution in [0.4, 0.5) is 0 Å². The molecule has 0 aliphatic heterocycles. The van der Waals surface area contributed by atoms with E-state index in [1.165, 1.54) is 19.4 Å². The molecular weight excluding hydrogens is 196 g/mol. The maximum absolute atomic E-state index is 3.61. The second kappa shape index (κ2) is 5.50. The molecular formula is C14H30N2. The number of nitrogens with zero attached hydrogens (tertiary/aromatic N) is 1. The molecule has 1 aliphatic rings. The minimum Gasteiger partial charge on any atom is -0.311 e. The van der Waals surface area contributed by atoms with Crippen LogP contribution < -0.4 is 5.32 Å². The quantitative estimate of drug-likeness (QED) is 0.749. The lowest BCUT2D eigenvalue weighted by Gasteiger charge is -2.35. The topological polar surface area (TPSA) is 15.3 Å². The molecule has 2 heteroatoms. The zero-order chi connectivity index (χ0) is 12.3. The molecule has 1 rings (SSSR count). The van der Waals surface area contributed by atoms with Gasteiger partial charge in [0.2, 0.25) is 0 Å². The van der Waals surface area contributed by atoms with Gasteiger partial charge in [0.05, 0.1) is 0 Å². The van der Waals surface area contributed by atoms with Gasteiger partial charge in [0.15, 0.2) is 0 Å². The third-order valence-electron chi connectivity index (χ3n) is 3.32. The summed E-state index contributed by atoms with van der Waals surface area (Å²) in [7, 11) is 0. The fourth-order valence-corrected chi connectivity index (χ4v) is 2.07. The molecule has 0 aromatic rings. The van der Waals surface area contributed by atoms with Crippen molar-refractivity contribution in [1.82, 2.24) is 10.2 Å². The van der Waals surface area contributed by atoms with Crippen molar-refractivity contribution in [2.24, 2.45) is 5.92 Å². The highest BCUT2D eigenvalue weighted by Crippen LogP contribution is 2.30. The van der Waals surface area contributed by atoms with Crippen LogP contribution in [-0.4, -0.2) is 35.6 Å².